The predicted molar refractivity (Wildman–Crippen MR) is 134 cm³/mol. The molecule has 0 saturated carbocycles. The minimum absolute atomic E-state index is 0.963. The molecule has 0 aliphatic heterocycles. The summed E-state index contributed by atoms with van der Waals surface area (Å²) in [5, 5.41) is 8.88. The van der Waals surface area contributed by atoms with Crippen LogP contribution in [0.15, 0.2) is 79.4 Å². The maximum Gasteiger partial charge on any atom is 0.146 e. The van der Waals surface area contributed by atoms with Crippen molar-refractivity contribution in [2.45, 2.75) is 0 Å². The SMILES string of the molecule is c1ccc2c(c1)sc1c2ccc2c1sc1ccc3c4ccncc4c4nccn4c3c12. The number of benzene rings is 3. The van der Waals surface area contributed by atoms with Gasteiger partial charge in [-0.15, -0.1) is 22.7 Å². The molecule has 31 heavy (non-hydrogen) atoms. The lowest BCUT2D eigenvalue weighted by molar-refractivity contribution is 1.27. The van der Waals surface area contributed by atoms with Gasteiger partial charge in [-0.3, -0.25) is 9.38 Å². The minimum atomic E-state index is 0.963. The number of hydrogen-bond donors (Lipinski definition) is 0. The van der Waals surface area contributed by atoms with Gasteiger partial charge in [-0.1, -0.05) is 36.4 Å². The molecule has 0 fully saturated rings. The molecular weight excluding hydrogens is 418 g/mol. The molecule has 0 aliphatic rings. The van der Waals surface area contributed by atoms with E-state index in [2.05, 4.69) is 75.2 Å². The van der Waals surface area contributed by atoms with Crippen molar-refractivity contribution in [3.8, 4) is 0 Å². The lowest BCUT2D eigenvalue weighted by atomic mass is 10.0. The number of rotatable bonds is 0. The molecule has 0 amide bonds. The lowest BCUT2D eigenvalue weighted by Gasteiger charge is -2.09. The second kappa shape index (κ2) is 5.58. The molecule has 0 unspecified atom stereocenters. The van der Waals surface area contributed by atoms with E-state index in [1.165, 1.54) is 56.6 Å². The van der Waals surface area contributed by atoms with E-state index >= 15 is 0 Å². The number of imidazole rings is 1. The molecule has 3 nitrogen and oxygen atoms in total. The van der Waals surface area contributed by atoms with Crippen LogP contribution >= 0.6 is 22.7 Å². The number of nitrogens with zero attached hydrogens (tertiary/aromatic N) is 3. The molecule has 8 rings (SSSR count). The normalized spacial score (nSPS) is 12.5. The first-order chi connectivity index (χ1) is 15.4. The van der Waals surface area contributed by atoms with Crippen LogP contribution in [-0.4, -0.2) is 14.4 Å². The molecule has 0 radical (unpaired) electrons. The quantitative estimate of drug-likeness (QED) is 0.230. The van der Waals surface area contributed by atoms with E-state index < -0.39 is 0 Å². The predicted octanol–water partition coefficient (Wildman–Crippen LogP) is 7.77. The van der Waals surface area contributed by atoms with Crippen molar-refractivity contribution >= 4 is 90.3 Å². The zero-order valence-electron chi connectivity index (χ0n) is 16.2. The van der Waals surface area contributed by atoms with Gasteiger partial charge in [-0.05, 0) is 23.6 Å². The molecule has 5 heterocycles. The van der Waals surface area contributed by atoms with Gasteiger partial charge in [0.05, 0.1) is 14.9 Å². The fourth-order valence-corrected chi connectivity index (χ4v) is 7.59. The summed E-state index contributed by atoms with van der Waals surface area (Å²) in [5.41, 5.74) is 2.20. The first-order valence-corrected chi connectivity index (χ1v) is 11.8. The fourth-order valence-electron chi connectivity index (χ4n) is 5.05. The number of thiophene rings is 2. The average Bonchev–Trinajstić information content (AvgIpc) is 3.53. The molecule has 0 aliphatic carbocycles. The summed E-state index contributed by atoms with van der Waals surface area (Å²) in [7, 11) is 0. The number of hydrogen-bond acceptors (Lipinski definition) is 4. The van der Waals surface area contributed by atoms with Gasteiger partial charge in [0.15, 0.2) is 0 Å². The Hall–Kier alpha value is -3.54. The highest BCUT2D eigenvalue weighted by molar-refractivity contribution is 7.33. The first kappa shape index (κ1) is 16.2. The standard InChI is InChI=1S/C26H13N3S2/c1-2-4-20-15(3-1)17-5-6-18-22-21(31-25(18)24(17)30-20)8-7-16-14-9-10-27-13-19(14)26-28-11-12-29(26)23(16)22/h1-13H. The molecule has 3 aromatic carbocycles. The monoisotopic (exact) mass is 431 g/mol. The number of fused-ring (bicyclic) bond motifs is 14. The van der Waals surface area contributed by atoms with Crippen molar-refractivity contribution in [3.63, 3.8) is 0 Å². The Kier molecular flexibility index (Phi) is 2.91. The molecule has 0 spiro atoms. The van der Waals surface area contributed by atoms with Crippen LogP contribution < -0.4 is 0 Å². The Morgan fingerprint density at radius 2 is 1.48 bits per heavy atom. The highest BCUT2D eigenvalue weighted by Crippen LogP contribution is 2.46. The molecule has 0 N–H and O–H groups in total. The van der Waals surface area contributed by atoms with Gasteiger partial charge in [0.2, 0.25) is 0 Å². The maximum absolute atomic E-state index is 4.68. The van der Waals surface area contributed by atoms with Gasteiger partial charge in [0, 0.05) is 66.5 Å². The van der Waals surface area contributed by atoms with Crippen LogP contribution in [0.5, 0.6) is 0 Å². The van der Waals surface area contributed by atoms with Crippen molar-refractivity contribution in [3.05, 3.63) is 79.4 Å². The lowest BCUT2D eigenvalue weighted by Crippen LogP contribution is -1.91. The van der Waals surface area contributed by atoms with Gasteiger partial charge in [0.1, 0.15) is 5.65 Å². The largest absolute Gasteiger partial charge is 0.298 e. The first-order valence-electron chi connectivity index (χ1n) is 10.2. The van der Waals surface area contributed by atoms with E-state index in [9.17, 15) is 0 Å². The maximum atomic E-state index is 4.68. The minimum Gasteiger partial charge on any atom is -0.298 e. The van der Waals surface area contributed by atoms with Gasteiger partial charge < -0.3 is 0 Å². The van der Waals surface area contributed by atoms with Crippen LogP contribution in [0.1, 0.15) is 0 Å². The second-order valence-electron chi connectivity index (χ2n) is 7.90. The second-order valence-corrected chi connectivity index (χ2v) is 10.0. The van der Waals surface area contributed by atoms with Crippen LogP contribution in [0.4, 0.5) is 0 Å². The molecule has 8 aromatic rings. The van der Waals surface area contributed by atoms with Crippen LogP contribution in [0.2, 0.25) is 0 Å². The van der Waals surface area contributed by atoms with Crippen molar-refractivity contribution in [2.24, 2.45) is 0 Å². The third-order valence-electron chi connectivity index (χ3n) is 6.36. The van der Waals surface area contributed by atoms with Crippen LogP contribution in [0.3, 0.4) is 0 Å². The van der Waals surface area contributed by atoms with Crippen LogP contribution in [0.25, 0.3) is 67.7 Å². The summed E-state index contributed by atoms with van der Waals surface area (Å²) < 4.78 is 7.67. The third kappa shape index (κ3) is 1.93. The summed E-state index contributed by atoms with van der Waals surface area (Å²) in [5.74, 6) is 0. The van der Waals surface area contributed by atoms with E-state index in [-0.39, 0.29) is 0 Å². The van der Waals surface area contributed by atoms with E-state index in [0.717, 1.165) is 11.0 Å². The van der Waals surface area contributed by atoms with Gasteiger partial charge in [-0.25, -0.2) is 4.98 Å². The highest BCUT2D eigenvalue weighted by Gasteiger charge is 2.18. The topological polar surface area (TPSA) is 30.2 Å². The molecule has 0 bridgehead atoms. The van der Waals surface area contributed by atoms with Crippen molar-refractivity contribution in [2.75, 3.05) is 0 Å². The smallest absolute Gasteiger partial charge is 0.146 e. The van der Waals surface area contributed by atoms with E-state index in [4.69, 9.17) is 0 Å². The Morgan fingerprint density at radius 3 is 2.48 bits per heavy atom. The molecule has 144 valence electrons. The van der Waals surface area contributed by atoms with Crippen molar-refractivity contribution < 1.29 is 0 Å². The van der Waals surface area contributed by atoms with Crippen molar-refractivity contribution in [1.82, 2.24) is 14.4 Å². The fraction of sp³-hybridized carbons (Fsp3) is 0. The molecular formula is C26H13N3S2. The summed E-state index contributed by atoms with van der Waals surface area (Å²) >= 11 is 3.80. The van der Waals surface area contributed by atoms with E-state index in [1.807, 2.05) is 41.3 Å². The Bertz CT molecular complexity index is 2010. The van der Waals surface area contributed by atoms with E-state index in [0.29, 0.717) is 0 Å². The van der Waals surface area contributed by atoms with Gasteiger partial charge >= 0.3 is 0 Å². The van der Waals surface area contributed by atoms with Gasteiger partial charge in [0.25, 0.3) is 0 Å². The van der Waals surface area contributed by atoms with Crippen LogP contribution in [0, 0.1) is 0 Å². The molecule has 0 atom stereocenters. The highest BCUT2D eigenvalue weighted by atomic mass is 32.1. The Morgan fingerprint density at radius 1 is 0.645 bits per heavy atom. The number of aromatic nitrogens is 3. The molecule has 5 aromatic heterocycles. The molecule has 5 heteroatoms. The summed E-state index contributed by atoms with van der Waals surface area (Å²) in [6.45, 7) is 0. The van der Waals surface area contributed by atoms with Crippen molar-refractivity contribution in [1.29, 1.82) is 0 Å². The summed E-state index contributed by atoms with van der Waals surface area (Å²) in [6, 6.07) is 20.0. The van der Waals surface area contributed by atoms with Crippen LogP contribution in [-0.2, 0) is 0 Å². The number of pyridine rings is 2. The zero-order chi connectivity index (χ0) is 20.1. The zero-order valence-corrected chi connectivity index (χ0v) is 17.8. The summed E-state index contributed by atoms with van der Waals surface area (Å²) in [6.07, 6.45) is 7.76. The Balaban J connectivity index is 1.67. The summed E-state index contributed by atoms with van der Waals surface area (Å²) in [4.78, 5) is 9.03. The Labute approximate surface area is 183 Å². The van der Waals surface area contributed by atoms with E-state index in [1.54, 1.807) is 0 Å². The molecule has 0 saturated heterocycles. The van der Waals surface area contributed by atoms with Gasteiger partial charge in [-0.2, -0.15) is 0 Å². The third-order valence-corrected chi connectivity index (χ3v) is 8.88. The average molecular weight is 432 g/mol.